The SMILES string of the molecule is CC(=O)N1CCC(N2CCC(Cc3ccc(COc4ccncc4)cc3)CC2)CC1. The van der Waals surface area contributed by atoms with Crippen LogP contribution in [-0.4, -0.2) is 52.9 Å². The quantitative estimate of drug-likeness (QED) is 0.728. The molecule has 0 aliphatic carbocycles. The molecular weight excluding hydrogens is 374 g/mol. The van der Waals surface area contributed by atoms with E-state index in [1.54, 1.807) is 19.3 Å². The molecule has 2 aromatic rings. The summed E-state index contributed by atoms with van der Waals surface area (Å²) in [5.41, 5.74) is 2.62. The topological polar surface area (TPSA) is 45.7 Å². The van der Waals surface area contributed by atoms with Gasteiger partial charge in [0.15, 0.2) is 0 Å². The molecule has 1 aromatic heterocycles. The third-order valence-corrected chi connectivity index (χ3v) is 6.68. The van der Waals surface area contributed by atoms with Gasteiger partial charge < -0.3 is 14.5 Å². The first-order valence-corrected chi connectivity index (χ1v) is 11.3. The second-order valence-electron chi connectivity index (χ2n) is 8.71. The third-order valence-electron chi connectivity index (χ3n) is 6.68. The number of carbonyl (C=O) groups is 1. The van der Waals surface area contributed by atoms with E-state index >= 15 is 0 Å². The Hall–Kier alpha value is -2.40. The lowest BCUT2D eigenvalue weighted by Crippen LogP contribution is -2.48. The number of nitrogens with zero attached hydrogens (tertiary/aromatic N) is 3. The lowest BCUT2D eigenvalue weighted by molar-refractivity contribution is -0.130. The molecule has 0 radical (unpaired) electrons. The van der Waals surface area contributed by atoms with Crippen LogP contribution in [0.1, 0.15) is 43.7 Å². The van der Waals surface area contributed by atoms with Crippen LogP contribution in [0.4, 0.5) is 0 Å². The molecule has 0 unspecified atom stereocenters. The Morgan fingerprint density at radius 2 is 1.57 bits per heavy atom. The first kappa shape index (κ1) is 20.9. The van der Waals surface area contributed by atoms with Gasteiger partial charge >= 0.3 is 0 Å². The van der Waals surface area contributed by atoms with E-state index in [1.165, 1.54) is 43.5 Å². The first-order chi connectivity index (χ1) is 14.7. The fraction of sp³-hybridized carbons (Fsp3) is 0.520. The number of carbonyl (C=O) groups excluding carboxylic acids is 1. The minimum Gasteiger partial charge on any atom is -0.489 e. The first-order valence-electron chi connectivity index (χ1n) is 11.3. The standard InChI is InChI=1S/C25H33N3O2/c1-20(29)27-16-10-24(11-17-27)28-14-8-22(9-15-28)18-21-2-4-23(5-3-21)19-30-25-6-12-26-13-7-25/h2-7,12-13,22,24H,8-11,14-19H2,1H3. The van der Waals surface area contributed by atoms with Crippen LogP contribution in [0.15, 0.2) is 48.8 Å². The van der Waals surface area contributed by atoms with E-state index < -0.39 is 0 Å². The lowest BCUT2D eigenvalue weighted by Gasteiger charge is -2.41. The summed E-state index contributed by atoms with van der Waals surface area (Å²) in [4.78, 5) is 20.2. The fourth-order valence-corrected chi connectivity index (χ4v) is 4.77. The highest BCUT2D eigenvalue weighted by Crippen LogP contribution is 2.26. The van der Waals surface area contributed by atoms with E-state index in [9.17, 15) is 4.79 Å². The molecule has 2 saturated heterocycles. The summed E-state index contributed by atoms with van der Waals surface area (Å²) in [7, 11) is 0. The average molecular weight is 408 g/mol. The molecule has 1 amide bonds. The summed E-state index contributed by atoms with van der Waals surface area (Å²) in [5.74, 6) is 1.85. The average Bonchev–Trinajstić information content (AvgIpc) is 2.80. The summed E-state index contributed by atoms with van der Waals surface area (Å²) < 4.78 is 5.80. The number of benzene rings is 1. The number of piperidine rings is 2. The van der Waals surface area contributed by atoms with E-state index in [0.29, 0.717) is 12.6 Å². The maximum absolute atomic E-state index is 11.5. The monoisotopic (exact) mass is 407 g/mol. The van der Waals surface area contributed by atoms with Crippen molar-refractivity contribution in [2.24, 2.45) is 5.92 Å². The number of ether oxygens (including phenoxy) is 1. The van der Waals surface area contributed by atoms with Crippen LogP contribution in [0.2, 0.25) is 0 Å². The molecule has 2 aliphatic heterocycles. The molecule has 4 rings (SSSR count). The van der Waals surface area contributed by atoms with Gasteiger partial charge in [0.1, 0.15) is 12.4 Å². The van der Waals surface area contributed by atoms with Gasteiger partial charge in [0.25, 0.3) is 0 Å². The molecule has 0 atom stereocenters. The number of pyridine rings is 1. The highest BCUT2D eigenvalue weighted by molar-refractivity contribution is 5.73. The zero-order valence-electron chi connectivity index (χ0n) is 18.0. The van der Waals surface area contributed by atoms with E-state index in [4.69, 9.17) is 4.74 Å². The van der Waals surface area contributed by atoms with Gasteiger partial charge in [-0.25, -0.2) is 0 Å². The Bertz CT molecular complexity index is 793. The minimum absolute atomic E-state index is 0.224. The Kier molecular flexibility index (Phi) is 7.00. The van der Waals surface area contributed by atoms with E-state index in [-0.39, 0.29) is 5.91 Å². The summed E-state index contributed by atoms with van der Waals surface area (Å²) in [6.45, 7) is 6.53. The largest absolute Gasteiger partial charge is 0.489 e. The molecule has 2 fully saturated rings. The number of aromatic nitrogens is 1. The Morgan fingerprint density at radius 1 is 0.933 bits per heavy atom. The van der Waals surface area contributed by atoms with Gasteiger partial charge in [0.2, 0.25) is 5.91 Å². The van der Waals surface area contributed by atoms with Crippen molar-refractivity contribution in [1.82, 2.24) is 14.8 Å². The second kappa shape index (κ2) is 10.1. The van der Waals surface area contributed by atoms with Gasteiger partial charge in [-0.3, -0.25) is 9.78 Å². The van der Waals surface area contributed by atoms with Crippen molar-refractivity contribution >= 4 is 5.91 Å². The maximum Gasteiger partial charge on any atom is 0.219 e. The van der Waals surface area contributed by atoms with Gasteiger partial charge in [-0.05, 0) is 74.4 Å². The van der Waals surface area contributed by atoms with Gasteiger partial charge in [0, 0.05) is 38.4 Å². The van der Waals surface area contributed by atoms with Crippen molar-refractivity contribution in [3.05, 3.63) is 59.9 Å². The zero-order valence-corrected chi connectivity index (χ0v) is 18.0. The molecule has 0 bridgehead atoms. The molecule has 0 saturated carbocycles. The smallest absolute Gasteiger partial charge is 0.219 e. The van der Waals surface area contributed by atoms with Crippen molar-refractivity contribution in [1.29, 1.82) is 0 Å². The molecule has 30 heavy (non-hydrogen) atoms. The van der Waals surface area contributed by atoms with Crippen LogP contribution >= 0.6 is 0 Å². The molecule has 2 aliphatic rings. The van der Waals surface area contributed by atoms with Crippen LogP contribution in [-0.2, 0) is 17.8 Å². The van der Waals surface area contributed by atoms with Crippen molar-refractivity contribution in [3.8, 4) is 5.75 Å². The lowest BCUT2D eigenvalue weighted by atomic mass is 9.88. The molecule has 0 spiro atoms. The van der Waals surface area contributed by atoms with Gasteiger partial charge in [-0.2, -0.15) is 0 Å². The summed E-state index contributed by atoms with van der Waals surface area (Å²) >= 11 is 0. The Morgan fingerprint density at radius 3 is 2.20 bits per heavy atom. The van der Waals surface area contributed by atoms with Crippen LogP contribution in [0.3, 0.4) is 0 Å². The van der Waals surface area contributed by atoms with Crippen molar-refractivity contribution in [3.63, 3.8) is 0 Å². The summed E-state index contributed by atoms with van der Waals surface area (Å²) in [6.07, 6.45) is 9.49. The maximum atomic E-state index is 11.5. The Labute approximate surface area is 180 Å². The fourth-order valence-electron chi connectivity index (χ4n) is 4.77. The number of likely N-dealkylation sites (tertiary alicyclic amines) is 2. The van der Waals surface area contributed by atoms with Crippen LogP contribution < -0.4 is 4.74 Å². The number of amides is 1. The van der Waals surface area contributed by atoms with Crippen LogP contribution in [0.25, 0.3) is 0 Å². The second-order valence-corrected chi connectivity index (χ2v) is 8.71. The zero-order chi connectivity index (χ0) is 20.8. The molecule has 3 heterocycles. The normalized spacial score (nSPS) is 19.0. The minimum atomic E-state index is 0.224. The number of rotatable bonds is 6. The number of hydrogen-bond acceptors (Lipinski definition) is 4. The predicted octanol–water partition coefficient (Wildman–Crippen LogP) is 3.93. The molecule has 1 aromatic carbocycles. The molecule has 160 valence electrons. The Balaban J connectivity index is 1.19. The molecular formula is C25H33N3O2. The van der Waals surface area contributed by atoms with Crippen molar-refractivity contribution < 1.29 is 9.53 Å². The van der Waals surface area contributed by atoms with E-state index in [0.717, 1.165) is 37.6 Å². The van der Waals surface area contributed by atoms with Crippen molar-refractivity contribution in [2.45, 2.75) is 51.7 Å². The van der Waals surface area contributed by atoms with Crippen LogP contribution in [0.5, 0.6) is 5.75 Å². The van der Waals surface area contributed by atoms with Crippen LogP contribution in [0, 0.1) is 5.92 Å². The number of hydrogen-bond donors (Lipinski definition) is 0. The molecule has 5 heteroatoms. The van der Waals surface area contributed by atoms with Crippen molar-refractivity contribution in [2.75, 3.05) is 26.2 Å². The summed E-state index contributed by atoms with van der Waals surface area (Å²) in [6, 6.07) is 13.3. The van der Waals surface area contributed by atoms with E-state index in [2.05, 4.69) is 34.1 Å². The molecule has 0 N–H and O–H groups in total. The highest BCUT2D eigenvalue weighted by atomic mass is 16.5. The summed E-state index contributed by atoms with van der Waals surface area (Å²) in [5, 5.41) is 0. The van der Waals surface area contributed by atoms with Gasteiger partial charge in [-0.15, -0.1) is 0 Å². The molecule has 5 nitrogen and oxygen atoms in total. The van der Waals surface area contributed by atoms with Gasteiger partial charge in [-0.1, -0.05) is 24.3 Å². The highest BCUT2D eigenvalue weighted by Gasteiger charge is 2.28. The van der Waals surface area contributed by atoms with E-state index in [1.807, 2.05) is 17.0 Å². The predicted molar refractivity (Wildman–Crippen MR) is 118 cm³/mol. The third kappa shape index (κ3) is 5.60. The van der Waals surface area contributed by atoms with Gasteiger partial charge in [0.05, 0.1) is 0 Å².